The van der Waals surface area contributed by atoms with Crippen molar-refractivity contribution < 1.29 is 19.0 Å². The molecule has 190 valence electrons. The average molecular weight is 527 g/mol. The van der Waals surface area contributed by atoms with Crippen molar-refractivity contribution in [1.29, 1.82) is 0 Å². The lowest BCUT2D eigenvalue weighted by atomic mass is 10.0. The van der Waals surface area contributed by atoms with Gasteiger partial charge in [-0.15, -0.1) is 11.3 Å². The highest BCUT2D eigenvalue weighted by molar-refractivity contribution is 7.10. The second-order valence-electron chi connectivity index (χ2n) is 8.28. The third kappa shape index (κ3) is 5.32. The number of thiazole rings is 1. The van der Waals surface area contributed by atoms with Gasteiger partial charge in [-0.1, -0.05) is 43.2 Å². The molecular weight excluding hydrogens is 496 g/mol. The Bertz CT molecular complexity index is 1430. The molecule has 1 aromatic carbocycles. The number of hydrogen-bond acceptors (Lipinski definition) is 8. The van der Waals surface area contributed by atoms with Gasteiger partial charge in [0.25, 0.3) is 5.56 Å². The number of rotatable bonds is 10. The normalized spacial score (nSPS) is 15.4. The number of carbonyl (C=O) groups is 1. The summed E-state index contributed by atoms with van der Waals surface area (Å²) in [5.41, 5.74) is 1.56. The van der Waals surface area contributed by atoms with Gasteiger partial charge in [0, 0.05) is 4.88 Å². The molecule has 0 N–H and O–H groups in total. The number of allylic oxidation sites excluding steroid dienone is 1. The summed E-state index contributed by atoms with van der Waals surface area (Å²) in [7, 11) is 1.60. The van der Waals surface area contributed by atoms with Crippen LogP contribution in [0.25, 0.3) is 6.08 Å². The molecule has 3 heterocycles. The second-order valence-corrected chi connectivity index (χ2v) is 10.3. The van der Waals surface area contributed by atoms with E-state index in [1.165, 1.54) is 22.7 Å². The standard InChI is InChI=1S/C27H30N2O5S2/c1-5-7-8-13-34-19-12-11-18(15-20(19)32-4)16-22-25(30)29-24(21-10-9-14-35-21)23(26(31)33-6-2)17(3)28-27(29)36-22/h9-12,14-16,24H,5-8,13H2,1-4H3/b22-16-. The van der Waals surface area contributed by atoms with Gasteiger partial charge in [0.1, 0.15) is 6.04 Å². The van der Waals surface area contributed by atoms with Crippen molar-refractivity contribution in [2.45, 2.75) is 46.1 Å². The third-order valence-electron chi connectivity index (χ3n) is 5.82. The Morgan fingerprint density at radius 2 is 2.03 bits per heavy atom. The Labute approximate surface area is 218 Å². The number of nitrogens with zero attached hydrogens (tertiary/aromatic N) is 2. The molecular formula is C27H30N2O5S2. The van der Waals surface area contributed by atoms with Crippen molar-refractivity contribution in [3.8, 4) is 11.5 Å². The van der Waals surface area contributed by atoms with Gasteiger partial charge in [-0.25, -0.2) is 9.79 Å². The summed E-state index contributed by atoms with van der Waals surface area (Å²) in [5.74, 6) is 0.843. The molecule has 4 rings (SSSR count). The van der Waals surface area contributed by atoms with Crippen molar-refractivity contribution in [3.05, 3.63) is 77.1 Å². The minimum Gasteiger partial charge on any atom is -0.493 e. The predicted octanol–water partition coefficient (Wildman–Crippen LogP) is 4.44. The van der Waals surface area contributed by atoms with Crippen LogP contribution in [0.5, 0.6) is 11.5 Å². The van der Waals surface area contributed by atoms with Crippen LogP contribution in [0.4, 0.5) is 0 Å². The molecule has 0 saturated carbocycles. The van der Waals surface area contributed by atoms with Crippen LogP contribution in [0.1, 0.15) is 56.5 Å². The molecule has 0 aliphatic carbocycles. The predicted molar refractivity (Wildman–Crippen MR) is 143 cm³/mol. The summed E-state index contributed by atoms with van der Waals surface area (Å²) >= 11 is 2.79. The van der Waals surface area contributed by atoms with E-state index in [4.69, 9.17) is 14.2 Å². The van der Waals surface area contributed by atoms with Gasteiger partial charge in [-0.3, -0.25) is 9.36 Å². The van der Waals surface area contributed by atoms with Crippen LogP contribution in [0.3, 0.4) is 0 Å². The molecule has 2 aromatic heterocycles. The molecule has 0 radical (unpaired) electrons. The first-order chi connectivity index (χ1) is 17.5. The van der Waals surface area contributed by atoms with Gasteiger partial charge >= 0.3 is 5.97 Å². The summed E-state index contributed by atoms with van der Waals surface area (Å²) in [5, 5.41) is 1.93. The summed E-state index contributed by atoms with van der Waals surface area (Å²) in [6.45, 7) is 6.58. The number of ether oxygens (including phenoxy) is 3. The zero-order valence-corrected chi connectivity index (χ0v) is 22.5. The Balaban J connectivity index is 1.75. The largest absolute Gasteiger partial charge is 0.493 e. The molecule has 1 aliphatic rings. The maximum absolute atomic E-state index is 13.6. The van der Waals surface area contributed by atoms with Crippen molar-refractivity contribution >= 4 is 34.7 Å². The van der Waals surface area contributed by atoms with Gasteiger partial charge < -0.3 is 14.2 Å². The van der Waals surface area contributed by atoms with Crippen molar-refractivity contribution in [1.82, 2.24) is 4.57 Å². The molecule has 1 aliphatic heterocycles. The number of carbonyl (C=O) groups excluding carboxylic acids is 1. The first-order valence-corrected chi connectivity index (χ1v) is 13.7. The lowest BCUT2D eigenvalue weighted by Gasteiger charge is -2.23. The SMILES string of the molecule is CCCCCOc1ccc(/C=c2\sc3n(c2=O)C(c2cccs2)C(C(=O)OCC)=C(C)N=3)cc1OC. The number of methoxy groups -OCH3 is 1. The van der Waals surface area contributed by atoms with E-state index in [0.29, 0.717) is 38.7 Å². The topological polar surface area (TPSA) is 79.1 Å². The minimum absolute atomic E-state index is 0.203. The molecule has 9 heteroatoms. The fourth-order valence-corrected chi connectivity index (χ4v) is 5.96. The second kappa shape index (κ2) is 11.7. The van der Waals surface area contributed by atoms with E-state index >= 15 is 0 Å². The number of unbranched alkanes of at least 4 members (excludes halogenated alkanes) is 2. The Morgan fingerprint density at radius 3 is 2.72 bits per heavy atom. The van der Waals surface area contributed by atoms with E-state index in [0.717, 1.165) is 29.7 Å². The highest BCUT2D eigenvalue weighted by Crippen LogP contribution is 2.33. The summed E-state index contributed by atoms with van der Waals surface area (Å²) in [6.07, 6.45) is 5.05. The van der Waals surface area contributed by atoms with Crippen molar-refractivity contribution in [2.24, 2.45) is 4.99 Å². The molecule has 0 bridgehead atoms. The molecule has 1 unspecified atom stereocenters. The highest BCUT2D eigenvalue weighted by atomic mass is 32.1. The number of esters is 1. The zero-order valence-electron chi connectivity index (χ0n) is 20.9. The van der Waals surface area contributed by atoms with Gasteiger partial charge in [0.2, 0.25) is 0 Å². The van der Waals surface area contributed by atoms with E-state index in [-0.39, 0.29) is 12.2 Å². The molecule has 36 heavy (non-hydrogen) atoms. The number of thiophene rings is 1. The van der Waals surface area contributed by atoms with E-state index < -0.39 is 12.0 Å². The van der Waals surface area contributed by atoms with Gasteiger partial charge in [-0.2, -0.15) is 0 Å². The maximum Gasteiger partial charge on any atom is 0.338 e. The number of benzene rings is 1. The maximum atomic E-state index is 13.6. The van der Waals surface area contributed by atoms with Crippen LogP contribution in [0, 0.1) is 0 Å². The van der Waals surface area contributed by atoms with Crippen LogP contribution in [0.2, 0.25) is 0 Å². The molecule has 3 aromatic rings. The van der Waals surface area contributed by atoms with Crippen molar-refractivity contribution in [3.63, 3.8) is 0 Å². The van der Waals surface area contributed by atoms with E-state index in [2.05, 4.69) is 11.9 Å². The fourth-order valence-electron chi connectivity index (χ4n) is 4.09. The molecule has 1 atom stereocenters. The van der Waals surface area contributed by atoms with Crippen LogP contribution in [-0.4, -0.2) is 30.9 Å². The molecule has 0 amide bonds. The van der Waals surface area contributed by atoms with Crippen LogP contribution < -0.4 is 24.4 Å². The highest BCUT2D eigenvalue weighted by Gasteiger charge is 2.33. The quantitative estimate of drug-likeness (QED) is 0.288. The lowest BCUT2D eigenvalue weighted by Crippen LogP contribution is -2.39. The number of hydrogen-bond donors (Lipinski definition) is 0. The van der Waals surface area contributed by atoms with Gasteiger partial charge in [-0.05, 0) is 55.5 Å². The first-order valence-electron chi connectivity index (χ1n) is 12.0. The Morgan fingerprint density at radius 1 is 1.19 bits per heavy atom. The van der Waals surface area contributed by atoms with E-state index in [1.54, 1.807) is 25.5 Å². The van der Waals surface area contributed by atoms with Gasteiger partial charge in [0.05, 0.1) is 36.1 Å². The minimum atomic E-state index is -0.573. The molecule has 7 nitrogen and oxygen atoms in total. The van der Waals surface area contributed by atoms with Crippen molar-refractivity contribution in [2.75, 3.05) is 20.3 Å². The smallest absolute Gasteiger partial charge is 0.338 e. The monoisotopic (exact) mass is 526 g/mol. The molecule has 0 saturated heterocycles. The lowest BCUT2D eigenvalue weighted by molar-refractivity contribution is -0.139. The first kappa shape index (κ1) is 25.9. The fraction of sp³-hybridized carbons (Fsp3) is 0.370. The number of aromatic nitrogens is 1. The van der Waals surface area contributed by atoms with E-state index in [9.17, 15) is 9.59 Å². The van der Waals surface area contributed by atoms with Crippen LogP contribution in [-0.2, 0) is 9.53 Å². The zero-order chi connectivity index (χ0) is 25.7. The van der Waals surface area contributed by atoms with Gasteiger partial charge in [0.15, 0.2) is 16.3 Å². The summed E-state index contributed by atoms with van der Waals surface area (Å²) in [4.78, 5) is 32.5. The Hall–Kier alpha value is -3.17. The van der Waals surface area contributed by atoms with Crippen LogP contribution in [0.15, 0.2) is 56.8 Å². The van der Waals surface area contributed by atoms with E-state index in [1.807, 2.05) is 41.8 Å². The average Bonchev–Trinajstić information content (AvgIpc) is 3.50. The number of fused-ring (bicyclic) bond motifs is 1. The summed E-state index contributed by atoms with van der Waals surface area (Å²) < 4.78 is 18.9. The molecule has 0 spiro atoms. The summed E-state index contributed by atoms with van der Waals surface area (Å²) in [6, 6.07) is 8.89. The molecule has 0 fully saturated rings. The van der Waals surface area contributed by atoms with Crippen LogP contribution >= 0.6 is 22.7 Å². The Kier molecular flexibility index (Phi) is 8.43. The third-order valence-corrected chi connectivity index (χ3v) is 7.73.